The summed E-state index contributed by atoms with van der Waals surface area (Å²) in [5.74, 6) is 0.812. The van der Waals surface area contributed by atoms with Crippen LogP contribution in [-0.2, 0) is 12.8 Å². The van der Waals surface area contributed by atoms with Gasteiger partial charge in [-0.25, -0.2) is 0 Å². The van der Waals surface area contributed by atoms with Gasteiger partial charge in [-0.3, -0.25) is 0 Å². The van der Waals surface area contributed by atoms with E-state index in [1.807, 2.05) is 13.0 Å². The third-order valence-electron chi connectivity index (χ3n) is 3.53. The lowest BCUT2D eigenvalue weighted by Gasteiger charge is -2.11. The minimum atomic E-state index is 0. The highest BCUT2D eigenvalue weighted by Crippen LogP contribution is 2.34. The first kappa shape index (κ1) is 13.1. The van der Waals surface area contributed by atoms with E-state index in [9.17, 15) is 0 Å². The number of aryl methyl sites for hydroxylation is 2. The molecule has 1 aromatic heterocycles. The average Bonchev–Trinajstić information content (AvgIpc) is 2.67. The van der Waals surface area contributed by atoms with E-state index in [1.165, 1.54) is 35.9 Å². The molecule has 0 aliphatic heterocycles. The van der Waals surface area contributed by atoms with E-state index in [2.05, 4.69) is 11.1 Å². The summed E-state index contributed by atoms with van der Waals surface area (Å²) in [5, 5.41) is 1.29. The number of ether oxygens (including phenoxy) is 1. The lowest BCUT2D eigenvalue weighted by molar-refractivity contribution is 0.342. The predicted molar refractivity (Wildman–Crippen MR) is 77.8 cm³/mol. The number of aromatic nitrogens is 1. The number of fused-ring (bicyclic) bond motifs is 3. The molecule has 1 heterocycles. The summed E-state index contributed by atoms with van der Waals surface area (Å²) in [7, 11) is 0. The average molecular weight is 267 g/mol. The summed E-state index contributed by atoms with van der Waals surface area (Å²) >= 11 is 0. The van der Waals surface area contributed by atoms with Crippen molar-refractivity contribution in [1.29, 1.82) is 0 Å². The van der Waals surface area contributed by atoms with Crippen molar-refractivity contribution in [3.8, 4) is 5.75 Å². The number of hydrogen-bond acceptors (Lipinski definition) is 2. The highest BCUT2D eigenvalue weighted by Gasteiger charge is 2.16. The first-order chi connectivity index (χ1) is 8.29. The zero-order chi connectivity index (χ0) is 11.8. The molecule has 0 saturated heterocycles. The number of aromatic amines is 1. The Hall–Kier alpha value is -1.35. The number of nitrogens with two attached hydrogens (primary N) is 1. The van der Waals surface area contributed by atoms with Gasteiger partial charge in [-0.15, -0.1) is 12.4 Å². The van der Waals surface area contributed by atoms with Gasteiger partial charge in [0.2, 0.25) is 0 Å². The zero-order valence-corrected chi connectivity index (χ0v) is 11.4. The monoisotopic (exact) mass is 266 g/mol. The van der Waals surface area contributed by atoms with E-state index in [4.69, 9.17) is 10.5 Å². The molecule has 0 radical (unpaired) electrons. The fraction of sp³-hybridized carbons (Fsp3) is 0.429. The molecule has 0 atom stereocenters. The number of rotatable bonds is 2. The molecule has 0 fully saturated rings. The molecule has 1 aliphatic rings. The summed E-state index contributed by atoms with van der Waals surface area (Å²) in [6.45, 7) is 2.64. The Bertz CT molecular complexity index is 562. The van der Waals surface area contributed by atoms with Crippen LogP contribution in [0.3, 0.4) is 0 Å². The minimum Gasteiger partial charge on any atom is -0.492 e. The van der Waals surface area contributed by atoms with E-state index >= 15 is 0 Å². The predicted octanol–water partition coefficient (Wildman–Crippen LogP) is 3.45. The van der Waals surface area contributed by atoms with Crippen LogP contribution in [-0.4, -0.2) is 11.6 Å². The van der Waals surface area contributed by atoms with Crippen molar-refractivity contribution in [2.24, 2.45) is 0 Å². The largest absolute Gasteiger partial charge is 0.492 e. The minimum absolute atomic E-state index is 0. The summed E-state index contributed by atoms with van der Waals surface area (Å²) in [4.78, 5) is 3.49. The van der Waals surface area contributed by atoms with Crippen LogP contribution >= 0.6 is 12.4 Å². The molecule has 3 N–H and O–H groups in total. The van der Waals surface area contributed by atoms with Crippen LogP contribution in [0.5, 0.6) is 5.75 Å². The van der Waals surface area contributed by atoms with Gasteiger partial charge in [-0.05, 0) is 50.3 Å². The third kappa shape index (κ3) is 2.03. The van der Waals surface area contributed by atoms with Gasteiger partial charge < -0.3 is 15.5 Å². The molecule has 0 amide bonds. The van der Waals surface area contributed by atoms with Crippen molar-refractivity contribution in [2.45, 2.75) is 32.6 Å². The zero-order valence-electron chi connectivity index (χ0n) is 10.6. The van der Waals surface area contributed by atoms with Gasteiger partial charge in [0.1, 0.15) is 5.75 Å². The number of halogens is 1. The Morgan fingerprint density at radius 3 is 2.83 bits per heavy atom. The molecule has 2 aromatic rings. The molecule has 0 bridgehead atoms. The van der Waals surface area contributed by atoms with Crippen LogP contribution in [0.4, 0.5) is 5.69 Å². The molecule has 3 rings (SSSR count). The van der Waals surface area contributed by atoms with Gasteiger partial charge in [0.05, 0.1) is 12.3 Å². The number of nitrogen functional groups attached to an aromatic ring is 1. The van der Waals surface area contributed by atoms with Crippen molar-refractivity contribution < 1.29 is 4.74 Å². The van der Waals surface area contributed by atoms with E-state index in [0.717, 1.165) is 23.4 Å². The van der Waals surface area contributed by atoms with Crippen molar-refractivity contribution in [3.05, 3.63) is 23.4 Å². The highest BCUT2D eigenvalue weighted by atomic mass is 35.5. The molecule has 18 heavy (non-hydrogen) atoms. The molecule has 98 valence electrons. The molecular formula is C14H19ClN2O. The van der Waals surface area contributed by atoms with Crippen LogP contribution in [0.2, 0.25) is 0 Å². The number of anilines is 1. The smallest absolute Gasteiger partial charge is 0.142 e. The van der Waals surface area contributed by atoms with Crippen LogP contribution in [0.25, 0.3) is 10.9 Å². The van der Waals surface area contributed by atoms with Gasteiger partial charge in [-0.2, -0.15) is 0 Å². The molecule has 0 spiro atoms. The quantitative estimate of drug-likeness (QED) is 0.818. The summed E-state index contributed by atoms with van der Waals surface area (Å²) in [5.41, 5.74) is 10.7. The van der Waals surface area contributed by atoms with Crippen molar-refractivity contribution in [1.82, 2.24) is 4.98 Å². The summed E-state index contributed by atoms with van der Waals surface area (Å²) in [6, 6.07) is 4.09. The summed E-state index contributed by atoms with van der Waals surface area (Å²) < 4.78 is 5.57. The molecule has 0 saturated carbocycles. The fourth-order valence-electron chi connectivity index (χ4n) is 2.73. The first-order valence-electron chi connectivity index (χ1n) is 6.35. The number of hydrogen-bond donors (Lipinski definition) is 2. The lowest BCUT2D eigenvalue weighted by Crippen LogP contribution is -2.00. The van der Waals surface area contributed by atoms with E-state index in [1.54, 1.807) is 0 Å². The first-order valence-corrected chi connectivity index (χ1v) is 6.35. The molecular weight excluding hydrogens is 248 g/mol. The van der Waals surface area contributed by atoms with E-state index in [0.29, 0.717) is 6.61 Å². The van der Waals surface area contributed by atoms with Crippen molar-refractivity contribution in [2.75, 3.05) is 12.3 Å². The Kier molecular flexibility index (Phi) is 3.71. The maximum atomic E-state index is 5.99. The van der Waals surface area contributed by atoms with Crippen LogP contribution < -0.4 is 10.5 Å². The van der Waals surface area contributed by atoms with Crippen molar-refractivity contribution in [3.63, 3.8) is 0 Å². The Labute approximate surface area is 113 Å². The van der Waals surface area contributed by atoms with Crippen molar-refractivity contribution >= 4 is 29.0 Å². The van der Waals surface area contributed by atoms with Crippen LogP contribution in [0.1, 0.15) is 31.0 Å². The normalized spacial score (nSPS) is 14.1. The fourth-order valence-corrected chi connectivity index (χ4v) is 2.73. The molecule has 0 unspecified atom stereocenters. The Balaban J connectivity index is 0.00000120. The Morgan fingerprint density at radius 2 is 2.06 bits per heavy atom. The van der Waals surface area contributed by atoms with E-state index in [-0.39, 0.29) is 12.4 Å². The number of H-pyrrole nitrogens is 1. The highest BCUT2D eigenvalue weighted by molar-refractivity contribution is 5.90. The van der Waals surface area contributed by atoms with Gasteiger partial charge in [0.15, 0.2) is 0 Å². The van der Waals surface area contributed by atoms with Gasteiger partial charge in [-0.1, -0.05) is 0 Å². The third-order valence-corrected chi connectivity index (χ3v) is 3.53. The lowest BCUT2D eigenvalue weighted by atomic mass is 9.95. The topological polar surface area (TPSA) is 51.0 Å². The Morgan fingerprint density at radius 1 is 1.28 bits per heavy atom. The number of benzene rings is 1. The van der Waals surface area contributed by atoms with Crippen LogP contribution in [0.15, 0.2) is 12.1 Å². The second kappa shape index (κ2) is 5.11. The second-order valence-corrected chi connectivity index (χ2v) is 4.66. The number of nitrogens with one attached hydrogen (secondary N) is 1. The summed E-state index contributed by atoms with van der Waals surface area (Å²) in [6.07, 6.45) is 4.90. The van der Waals surface area contributed by atoms with Crippen LogP contribution in [0, 0.1) is 0 Å². The molecule has 1 aliphatic carbocycles. The van der Waals surface area contributed by atoms with Gasteiger partial charge in [0, 0.05) is 16.6 Å². The maximum Gasteiger partial charge on any atom is 0.142 e. The van der Waals surface area contributed by atoms with E-state index < -0.39 is 0 Å². The van der Waals surface area contributed by atoms with Gasteiger partial charge in [0.25, 0.3) is 0 Å². The molecule has 1 aromatic carbocycles. The molecule has 4 heteroatoms. The SMILES string of the molecule is CCOc1cc2c3c([nH]c2cc1N)CCCC3.Cl. The standard InChI is InChI=1S/C14H18N2O.ClH/c1-2-17-14-7-10-9-5-3-4-6-12(9)16-13(10)8-11(14)15;/h7-8,16H,2-6,15H2,1H3;1H. The second-order valence-electron chi connectivity index (χ2n) is 4.66. The maximum absolute atomic E-state index is 5.99. The molecule has 3 nitrogen and oxygen atoms in total. The van der Waals surface area contributed by atoms with Gasteiger partial charge >= 0.3 is 0 Å².